The maximum absolute atomic E-state index is 13.8. The Morgan fingerprint density at radius 3 is 2.09 bits per heavy atom. The third-order valence-electron chi connectivity index (χ3n) is 6.29. The van der Waals surface area contributed by atoms with Crippen LogP contribution < -0.4 is 0 Å². The lowest BCUT2D eigenvalue weighted by Crippen LogP contribution is -2.25. The molecule has 2 aliphatic carbocycles. The molecule has 0 unspecified atom stereocenters. The molecular formula is C20H28FSi. The molecule has 0 heterocycles. The van der Waals surface area contributed by atoms with Crippen LogP contribution in [0.4, 0.5) is 4.39 Å². The molecular weight excluding hydrogens is 287 g/mol. The van der Waals surface area contributed by atoms with Crippen LogP contribution in [0.5, 0.6) is 0 Å². The number of rotatable bonds is 3. The summed E-state index contributed by atoms with van der Waals surface area (Å²) in [6, 6.07) is 7.04. The molecule has 0 nitrogen and oxygen atoms in total. The van der Waals surface area contributed by atoms with Gasteiger partial charge in [0.05, 0.1) is 0 Å². The van der Waals surface area contributed by atoms with E-state index >= 15 is 0 Å². The Hall–Kier alpha value is -0.633. The van der Waals surface area contributed by atoms with Crippen LogP contribution in [0.2, 0.25) is 6.04 Å². The van der Waals surface area contributed by atoms with Gasteiger partial charge in [0, 0.05) is 10.2 Å². The fourth-order valence-electron chi connectivity index (χ4n) is 4.65. The summed E-state index contributed by atoms with van der Waals surface area (Å²) in [7, 11) is 3.69. The molecule has 1 aromatic rings. The van der Waals surface area contributed by atoms with Gasteiger partial charge in [0.15, 0.2) is 0 Å². The Bertz CT molecular complexity index is 482. The molecule has 3 rings (SSSR count). The topological polar surface area (TPSA) is 0 Å². The Morgan fingerprint density at radius 2 is 1.55 bits per heavy atom. The Morgan fingerprint density at radius 1 is 0.955 bits per heavy atom. The molecule has 0 amide bonds. The molecule has 22 heavy (non-hydrogen) atoms. The van der Waals surface area contributed by atoms with Crippen molar-refractivity contribution >= 4 is 10.2 Å². The van der Waals surface area contributed by atoms with Crippen molar-refractivity contribution in [3.63, 3.8) is 0 Å². The van der Waals surface area contributed by atoms with Gasteiger partial charge in [-0.3, -0.25) is 0 Å². The fourth-order valence-corrected chi connectivity index (χ4v) is 5.06. The summed E-state index contributed by atoms with van der Waals surface area (Å²) in [5.41, 5.74) is 1.99. The highest BCUT2D eigenvalue weighted by Crippen LogP contribution is 2.44. The van der Waals surface area contributed by atoms with Gasteiger partial charge in [0.25, 0.3) is 0 Å². The zero-order valence-corrected chi connectivity index (χ0v) is 14.8. The van der Waals surface area contributed by atoms with Crippen LogP contribution in [0.3, 0.4) is 0 Å². The molecule has 0 aromatic heterocycles. The van der Waals surface area contributed by atoms with E-state index < -0.39 is 0 Å². The molecule has 0 spiro atoms. The first-order chi connectivity index (χ1) is 10.7. The van der Waals surface area contributed by atoms with E-state index in [0.717, 1.165) is 23.3 Å². The lowest BCUT2D eigenvalue weighted by Gasteiger charge is -2.38. The molecule has 0 atom stereocenters. The monoisotopic (exact) mass is 315 g/mol. The van der Waals surface area contributed by atoms with Crippen molar-refractivity contribution < 1.29 is 4.39 Å². The maximum Gasteiger partial charge on any atom is 0.126 e. The summed E-state index contributed by atoms with van der Waals surface area (Å²) in [6.45, 7) is 1.85. The van der Waals surface area contributed by atoms with Crippen LogP contribution in [0.15, 0.2) is 18.2 Å². The molecule has 2 fully saturated rings. The summed E-state index contributed by atoms with van der Waals surface area (Å²) in [4.78, 5) is 0. The van der Waals surface area contributed by atoms with Crippen LogP contribution in [0, 0.1) is 30.5 Å². The zero-order chi connectivity index (χ0) is 15.5. The van der Waals surface area contributed by atoms with E-state index in [9.17, 15) is 4.39 Å². The summed E-state index contributed by atoms with van der Waals surface area (Å²) >= 11 is 0. The minimum absolute atomic E-state index is 0.0347. The number of hydrogen-bond acceptors (Lipinski definition) is 0. The van der Waals surface area contributed by atoms with Gasteiger partial charge in [-0.05, 0) is 86.3 Å². The first-order valence-corrected chi connectivity index (χ1v) is 9.78. The first-order valence-electron chi connectivity index (χ1n) is 9.08. The maximum atomic E-state index is 13.8. The molecule has 119 valence electrons. The molecule has 0 bridgehead atoms. The summed E-state index contributed by atoms with van der Waals surface area (Å²) < 4.78 is 13.8. The van der Waals surface area contributed by atoms with Crippen molar-refractivity contribution in [1.82, 2.24) is 0 Å². The van der Waals surface area contributed by atoms with Gasteiger partial charge in [-0.2, -0.15) is 0 Å². The van der Waals surface area contributed by atoms with Crippen molar-refractivity contribution in [3.8, 4) is 0 Å². The van der Waals surface area contributed by atoms with Gasteiger partial charge in [0.2, 0.25) is 0 Å². The van der Waals surface area contributed by atoms with E-state index in [0.29, 0.717) is 5.92 Å². The number of aryl methyl sites for hydroxylation is 1. The second-order valence-electron chi connectivity index (χ2n) is 7.61. The van der Waals surface area contributed by atoms with Gasteiger partial charge in [0.1, 0.15) is 5.82 Å². The first kappa shape index (κ1) is 16.2. The molecule has 2 saturated carbocycles. The number of hydrogen-bond donors (Lipinski definition) is 0. The lowest BCUT2D eigenvalue weighted by molar-refractivity contribution is 0.165. The van der Waals surface area contributed by atoms with Crippen LogP contribution in [-0.2, 0) is 0 Å². The quantitative estimate of drug-likeness (QED) is 0.618. The zero-order valence-electron chi connectivity index (χ0n) is 13.8. The van der Waals surface area contributed by atoms with E-state index in [4.69, 9.17) is 0 Å². The van der Waals surface area contributed by atoms with E-state index in [1.807, 2.05) is 13.0 Å². The molecule has 2 aliphatic rings. The predicted octanol–water partition coefficient (Wildman–Crippen LogP) is 5.80. The molecule has 3 radical (unpaired) electrons. The van der Waals surface area contributed by atoms with E-state index in [1.54, 1.807) is 6.07 Å². The Balaban J connectivity index is 1.53. The molecule has 0 N–H and O–H groups in total. The smallest absolute Gasteiger partial charge is 0.126 e. The van der Waals surface area contributed by atoms with E-state index in [2.05, 4.69) is 16.3 Å². The summed E-state index contributed by atoms with van der Waals surface area (Å²) in [6.07, 6.45) is 10.9. The van der Waals surface area contributed by atoms with Gasteiger partial charge in [-0.1, -0.05) is 31.0 Å². The highest BCUT2D eigenvalue weighted by atomic mass is 28.1. The van der Waals surface area contributed by atoms with Gasteiger partial charge in [-0.25, -0.2) is 4.39 Å². The Kier molecular flexibility index (Phi) is 5.38. The third kappa shape index (κ3) is 3.64. The Labute approximate surface area is 138 Å². The molecule has 1 aromatic carbocycles. The number of benzene rings is 1. The van der Waals surface area contributed by atoms with Gasteiger partial charge in [-0.15, -0.1) is 0 Å². The SMILES string of the molecule is Cc1ccc(C2CCC(C3CCC(C[Si])CC3)CC2)cc1F. The molecule has 0 aliphatic heterocycles. The van der Waals surface area contributed by atoms with Crippen molar-refractivity contribution in [1.29, 1.82) is 0 Å². The van der Waals surface area contributed by atoms with Crippen molar-refractivity contribution in [2.75, 3.05) is 0 Å². The summed E-state index contributed by atoms with van der Waals surface area (Å²) in [5.74, 6) is 3.37. The average molecular weight is 316 g/mol. The lowest BCUT2D eigenvalue weighted by atomic mass is 9.68. The van der Waals surface area contributed by atoms with Crippen LogP contribution in [0.1, 0.15) is 68.4 Å². The highest BCUT2D eigenvalue weighted by Gasteiger charge is 2.30. The third-order valence-corrected chi connectivity index (χ3v) is 6.86. The van der Waals surface area contributed by atoms with Gasteiger partial charge >= 0.3 is 0 Å². The minimum Gasteiger partial charge on any atom is -0.207 e. The highest BCUT2D eigenvalue weighted by molar-refractivity contribution is 6.08. The summed E-state index contributed by atoms with van der Waals surface area (Å²) in [5, 5.41) is 0. The van der Waals surface area contributed by atoms with Crippen molar-refractivity contribution in [2.24, 2.45) is 17.8 Å². The van der Waals surface area contributed by atoms with E-state index in [1.165, 1.54) is 63.0 Å². The predicted molar refractivity (Wildman–Crippen MR) is 91.8 cm³/mol. The van der Waals surface area contributed by atoms with E-state index in [-0.39, 0.29) is 5.82 Å². The minimum atomic E-state index is -0.0347. The molecule has 2 heteroatoms. The largest absolute Gasteiger partial charge is 0.207 e. The normalized spacial score (nSPS) is 32.9. The van der Waals surface area contributed by atoms with Crippen molar-refractivity contribution in [3.05, 3.63) is 35.1 Å². The average Bonchev–Trinajstić information content (AvgIpc) is 2.58. The fraction of sp³-hybridized carbons (Fsp3) is 0.700. The van der Waals surface area contributed by atoms with Crippen LogP contribution >= 0.6 is 0 Å². The van der Waals surface area contributed by atoms with Crippen molar-refractivity contribution in [2.45, 2.75) is 70.3 Å². The number of halogens is 1. The van der Waals surface area contributed by atoms with Crippen LogP contribution in [-0.4, -0.2) is 10.2 Å². The standard InChI is InChI=1S/C20H28FSi/c1-14-2-5-19(12-20(14)21)18-10-8-17(9-11-18)16-6-3-15(13-22)4-7-16/h2,5,12,15-18H,3-4,6-11,13H2,1H3. The molecule has 0 saturated heterocycles. The second-order valence-corrected chi connectivity index (χ2v) is 8.01. The van der Waals surface area contributed by atoms with Gasteiger partial charge < -0.3 is 0 Å². The van der Waals surface area contributed by atoms with Crippen LogP contribution in [0.25, 0.3) is 0 Å². The second kappa shape index (κ2) is 7.29.